The predicted octanol–water partition coefficient (Wildman–Crippen LogP) is 2.65. The zero-order valence-corrected chi connectivity index (χ0v) is 14.5. The summed E-state index contributed by atoms with van der Waals surface area (Å²) in [4.78, 5) is 27.2. The second-order valence-corrected chi connectivity index (χ2v) is 6.15. The Labute approximate surface area is 147 Å². The molecule has 1 saturated carbocycles. The molecule has 1 aliphatic carbocycles. The lowest BCUT2D eigenvalue weighted by molar-refractivity contribution is 0.0949. The average molecular weight is 341 g/mol. The van der Waals surface area contributed by atoms with Crippen molar-refractivity contribution in [2.45, 2.75) is 25.9 Å². The van der Waals surface area contributed by atoms with Gasteiger partial charge in [0, 0.05) is 25.6 Å². The summed E-state index contributed by atoms with van der Waals surface area (Å²) in [6, 6.07) is 11.6. The summed E-state index contributed by atoms with van der Waals surface area (Å²) in [5.41, 5.74) is 1.66. The highest BCUT2D eigenvalue weighted by Crippen LogP contribution is 2.44. The Hall–Kier alpha value is -2.76. The van der Waals surface area contributed by atoms with Gasteiger partial charge in [-0.05, 0) is 25.3 Å². The van der Waals surface area contributed by atoms with E-state index >= 15 is 0 Å². The van der Waals surface area contributed by atoms with Gasteiger partial charge in [-0.15, -0.1) is 0 Å². The molecule has 2 aromatic rings. The van der Waals surface area contributed by atoms with Crippen molar-refractivity contribution < 1.29 is 14.3 Å². The van der Waals surface area contributed by atoms with E-state index in [4.69, 9.17) is 4.74 Å². The first-order valence-corrected chi connectivity index (χ1v) is 8.59. The second kappa shape index (κ2) is 7.42. The molecule has 1 heterocycles. The van der Waals surface area contributed by atoms with Gasteiger partial charge in [0.2, 0.25) is 0 Å². The lowest BCUT2D eigenvalue weighted by Gasteiger charge is -2.19. The highest BCUT2D eigenvalue weighted by atomic mass is 16.5. The first-order valence-electron chi connectivity index (χ1n) is 8.59. The van der Waals surface area contributed by atoms with Crippen LogP contribution in [0.3, 0.4) is 0 Å². The second-order valence-electron chi connectivity index (χ2n) is 6.15. The fraction of sp³-hybridized carbons (Fsp3) is 0.368. The molecular weight excluding hydrogens is 318 g/mol. The van der Waals surface area contributed by atoms with Crippen LogP contribution in [0.1, 0.15) is 52.4 Å². The number of rotatable bonds is 7. The largest absolute Gasteiger partial charge is 0.483 e. The maximum atomic E-state index is 12.2. The van der Waals surface area contributed by atoms with Gasteiger partial charge in [-0.2, -0.15) is 0 Å². The van der Waals surface area contributed by atoms with Crippen molar-refractivity contribution >= 4 is 11.8 Å². The first-order chi connectivity index (χ1) is 12.1. The molecule has 2 amide bonds. The molecule has 6 nitrogen and oxygen atoms in total. The molecule has 0 bridgehead atoms. The van der Waals surface area contributed by atoms with Crippen LogP contribution in [-0.2, 0) is 0 Å². The van der Waals surface area contributed by atoms with E-state index < -0.39 is 0 Å². The van der Waals surface area contributed by atoms with E-state index in [2.05, 4.69) is 15.6 Å². The van der Waals surface area contributed by atoms with Crippen LogP contribution in [0.25, 0.3) is 0 Å². The fourth-order valence-electron chi connectivity index (χ4n) is 2.82. The van der Waals surface area contributed by atoms with E-state index in [0.29, 0.717) is 23.9 Å². The van der Waals surface area contributed by atoms with Gasteiger partial charge in [-0.1, -0.05) is 30.3 Å². The van der Waals surface area contributed by atoms with Gasteiger partial charge in [0.15, 0.2) is 5.75 Å². The van der Waals surface area contributed by atoms with Crippen molar-refractivity contribution in [2.75, 3.05) is 13.6 Å². The molecule has 0 radical (unpaired) electrons. The predicted molar refractivity (Wildman–Crippen MR) is 94.7 cm³/mol. The van der Waals surface area contributed by atoms with E-state index in [-0.39, 0.29) is 23.6 Å². The van der Waals surface area contributed by atoms with Crippen LogP contribution in [0, 0.1) is 5.92 Å². The monoisotopic (exact) mass is 341 g/mol. The number of benzene rings is 1. The molecule has 0 spiro atoms. The number of carbonyl (C=O) groups is 2. The summed E-state index contributed by atoms with van der Waals surface area (Å²) in [6.07, 6.45) is 2.08. The summed E-state index contributed by atoms with van der Waals surface area (Å²) < 4.78 is 6.22. The first kappa shape index (κ1) is 17.1. The quantitative estimate of drug-likeness (QED) is 0.724. The standard InChI is InChI=1S/C19H23N3O3/c1-3-21-18(23)14-11-15(16(22-14)19(24)20-2)25-17(13-9-10-13)12-7-5-4-6-8-12/h4-8,11,13,17,22H,3,9-10H2,1-2H3,(H,20,24)(H,21,23). The van der Waals surface area contributed by atoms with Crippen LogP contribution in [0.2, 0.25) is 0 Å². The molecule has 6 heteroatoms. The molecular formula is C19H23N3O3. The van der Waals surface area contributed by atoms with Gasteiger partial charge in [-0.25, -0.2) is 0 Å². The normalized spacial score (nSPS) is 14.6. The molecule has 25 heavy (non-hydrogen) atoms. The third-order valence-electron chi connectivity index (χ3n) is 4.25. The molecule has 1 aromatic carbocycles. The molecule has 1 aromatic heterocycles. The Morgan fingerprint density at radius 2 is 1.96 bits per heavy atom. The maximum Gasteiger partial charge on any atom is 0.271 e. The Morgan fingerprint density at radius 3 is 2.56 bits per heavy atom. The Kier molecular flexibility index (Phi) is 5.07. The molecule has 132 valence electrons. The lowest BCUT2D eigenvalue weighted by Crippen LogP contribution is -2.23. The summed E-state index contributed by atoms with van der Waals surface area (Å²) in [6.45, 7) is 2.36. The zero-order chi connectivity index (χ0) is 17.8. The highest BCUT2D eigenvalue weighted by Gasteiger charge is 2.35. The number of aromatic amines is 1. The smallest absolute Gasteiger partial charge is 0.271 e. The lowest BCUT2D eigenvalue weighted by atomic mass is 10.1. The molecule has 1 aliphatic rings. The number of carbonyl (C=O) groups excluding carboxylic acids is 2. The number of nitrogens with one attached hydrogen (secondary N) is 3. The van der Waals surface area contributed by atoms with E-state index in [9.17, 15) is 9.59 Å². The summed E-state index contributed by atoms with van der Waals surface area (Å²) in [5, 5.41) is 5.30. The maximum absolute atomic E-state index is 12.2. The van der Waals surface area contributed by atoms with Crippen molar-refractivity contribution in [1.29, 1.82) is 0 Å². The molecule has 1 fully saturated rings. The van der Waals surface area contributed by atoms with Gasteiger partial charge >= 0.3 is 0 Å². The number of hydrogen-bond acceptors (Lipinski definition) is 3. The van der Waals surface area contributed by atoms with E-state index in [1.807, 2.05) is 37.3 Å². The minimum atomic E-state index is -0.312. The van der Waals surface area contributed by atoms with Crippen molar-refractivity contribution in [2.24, 2.45) is 5.92 Å². The third-order valence-corrected chi connectivity index (χ3v) is 4.25. The Balaban J connectivity index is 1.91. The minimum absolute atomic E-state index is 0.123. The van der Waals surface area contributed by atoms with Crippen LogP contribution >= 0.6 is 0 Å². The minimum Gasteiger partial charge on any atom is -0.483 e. The van der Waals surface area contributed by atoms with Gasteiger partial charge in [0.05, 0.1) is 0 Å². The van der Waals surface area contributed by atoms with Crippen LogP contribution in [0.5, 0.6) is 5.75 Å². The van der Waals surface area contributed by atoms with E-state index in [1.165, 1.54) is 0 Å². The molecule has 3 rings (SSSR count). The van der Waals surface area contributed by atoms with Crippen LogP contribution < -0.4 is 15.4 Å². The van der Waals surface area contributed by atoms with Crippen LogP contribution in [-0.4, -0.2) is 30.4 Å². The highest BCUT2D eigenvalue weighted by molar-refractivity contribution is 5.99. The van der Waals surface area contributed by atoms with Gasteiger partial charge < -0.3 is 20.4 Å². The number of ether oxygens (including phenoxy) is 1. The van der Waals surface area contributed by atoms with Crippen molar-refractivity contribution in [1.82, 2.24) is 15.6 Å². The fourth-order valence-corrected chi connectivity index (χ4v) is 2.82. The third kappa shape index (κ3) is 3.84. The van der Waals surface area contributed by atoms with Gasteiger partial charge in [0.1, 0.15) is 17.5 Å². The molecule has 3 N–H and O–H groups in total. The van der Waals surface area contributed by atoms with Crippen molar-refractivity contribution in [3.8, 4) is 5.75 Å². The summed E-state index contributed by atoms with van der Waals surface area (Å²) in [7, 11) is 1.55. The van der Waals surface area contributed by atoms with Crippen molar-refractivity contribution in [3.63, 3.8) is 0 Å². The summed E-state index contributed by atoms with van der Waals surface area (Å²) in [5.74, 6) is 0.266. The van der Waals surface area contributed by atoms with Gasteiger partial charge in [-0.3, -0.25) is 9.59 Å². The van der Waals surface area contributed by atoms with Crippen LogP contribution in [0.4, 0.5) is 0 Å². The van der Waals surface area contributed by atoms with Gasteiger partial charge in [0.25, 0.3) is 11.8 Å². The molecule has 1 unspecified atom stereocenters. The molecule has 0 saturated heterocycles. The van der Waals surface area contributed by atoms with E-state index in [0.717, 1.165) is 18.4 Å². The Bertz CT molecular complexity index is 751. The SMILES string of the molecule is CCNC(=O)c1cc(OC(c2ccccc2)C2CC2)c(C(=O)NC)[nH]1. The topological polar surface area (TPSA) is 83.2 Å². The number of hydrogen-bond donors (Lipinski definition) is 3. The van der Waals surface area contributed by atoms with E-state index in [1.54, 1.807) is 13.1 Å². The molecule has 1 atom stereocenters. The Morgan fingerprint density at radius 1 is 1.24 bits per heavy atom. The van der Waals surface area contributed by atoms with Crippen LogP contribution in [0.15, 0.2) is 36.4 Å². The average Bonchev–Trinajstić information content (AvgIpc) is 3.39. The zero-order valence-electron chi connectivity index (χ0n) is 14.5. The van der Waals surface area contributed by atoms with Crippen molar-refractivity contribution in [3.05, 3.63) is 53.3 Å². The number of aromatic nitrogens is 1. The molecule has 0 aliphatic heterocycles. The summed E-state index contributed by atoms with van der Waals surface area (Å²) >= 11 is 0. The number of H-pyrrole nitrogens is 1. The number of amides is 2.